The van der Waals surface area contributed by atoms with Crippen molar-refractivity contribution in [1.82, 2.24) is 30.0 Å². The number of H-pyrrole nitrogens is 1. The molecule has 110 valence electrons. The minimum Gasteiger partial charge on any atom is -0.366 e. The molecule has 0 saturated carbocycles. The molecule has 1 fully saturated rings. The topological polar surface area (TPSA) is 104 Å². The van der Waals surface area contributed by atoms with E-state index in [1.165, 1.54) is 0 Å². The van der Waals surface area contributed by atoms with E-state index in [9.17, 15) is 4.79 Å². The quantitative estimate of drug-likeness (QED) is 0.806. The standard InChI is InChI=1S/C13H17N7O/c14-13-16-11(17-18-13)12(21)20-7-5-19(6-8-20)9-10-3-1-2-4-15-10/h1-4H,5-9H2,(H3,14,16,17,18). The van der Waals surface area contributed by atoms with Crippen molar-refractivity contribution in [2.24, 2.45) is 0 Å². The number of nitrogens with zero attached hydrogens (tertiary/aromatic N) is 5. The predicted octanol–water partition coefficient (Wildman–Crippen LogP) is -0.260. The van der Waals surface area contributed by atoms with Gasteiger partial charge in [0.1, 0.15) is 0 Å². The number of pyridine rings is 1. The van der Waals surface area contributed by atoms with Crippen LogP contribution in [0.25, 0.3) is 0 Å². The van der Waals surface area contributed by atoms with Crippen molar-refractivity contribution in [2.45, 2.75) is 6.54 Å². The van der Waals surface area contributed by atoms with E-state index in [4.69, 9.17) is 5.73 Å². The Labute approximate surface area is 122 Å². The van der Waals surface area contributed by atoms with Crippen molar-refractivity contribution in [3.05, 3.63) is 35.9 Å². The number of piperazine rings is 1. The molecule has 3 rings (SSSR count). The molecule has 3 N–H and O–H groups in total. The molecular weight excluding hydrogens is 270 g/mol. The number of aromatic amines is 1. The highest BCUT2D eigenvalue weighted by Crippen LogP contribution is 2.09. The van der Waals surface area contributed by atoms with Gasteiger partial charge in [0, 0.05) is 38.9 Å². The van der Waals surface area contributed by atoms with Crippen LogP contribution in [-0.2, 0) is 6.54 Å². The van der Waals surface area contributed by atoms with Gasteiger partial charge in [-0.2, -0.15) is 4.98 Å². The summed E-state index contributed by atoms with van der Waals surface area (Å²) in [6, 6.07) is 5.90. The lowest BCUT2D eigenvalue weighted by Crippen LogP contribution is -2.48. The third-order valence-corrected chi connectivity index (χ3v) is 3.48. The van der Waals surface area contributed by atoms with E-state index in [0.29, 0.717) is 13.1 Å². The zero-order chi connectivity index (χ0) is 14.7. The minimum atomic E-state index is -0.156. The van der Waals surface area contributed by atoms with Gasteiger partial charge in [-0.05, 0) is 12.1 Å². The van der Waals surface area contributed by atoms with Crippen LogP contribution in [0.2, 0.25) is 0 Å². The summed E-state index contributed by atoms with van der Waals surface area (Å²) in [6.07, 6.45) is 1.80. The van der Waals surface area contributed by atoms with E-state index in [1.54, 1.807) is 11.1 Å². The van der Waals surface area contributed by atoms with Crippen LogP contribution in [0.15, 0.2) is 24.4 Å². The second-order valence-corrected chi connectivity index (χ2v) is 4.93. The first-order valence-electron chi connectivity index (χ1n) is 6.82. The zero-order valence-corrected chi connectivity index (χ0v) is 11.6. The van der Waals surface area contributed by atoms with Gasteiger partial charge < -0.3 is 10.6 Å². The summed E-state index contributed by atoms with van der Waals surface area (Å²) >= 11 is 0. The van der Waals surface area contributed by atoms with Crippen molar-refractivity contribution in [3.8, 4) is 0 Å². The normalized spacial score (nSPS) is 16.1. The molecule has 1 aliphatic rings. The van der Waals surface area contributed by atoms with E-state index >= 15 is 0 Å². The monoisotopic (exact) mass is 287 g/mol. The lowest BCUT2D eigenvalue weighted by molar-refractivity contribution is 0.0615. The molecule has 8 heteroatoms. The molecule has 2 aromatic heterocycles. The van der Waals surface area contributed by atoms with Crippen LogP contribution in [-0.4, -0.2) is 62.1 Å². The number of rotatable bonds is 3. The average molecular weight is 287 g/mol. The number of carbonyl (C=O) groups excluding carboxylic acids is 1. The molecule has 3 heterocycles. The lowest BCUT2D eigenvalue weighted by atomic mass is 10.2. The predicted molar refractivity (Wildman–Crippen MR) is 76.2 cm³/mol. The highest BCUT2D eigenvalue weighted by Gasteiger charge is 2.24. The van der Waals surface area contributed by atoms with Gasteiger partial charge in [-0.1, -0.05) is 6.07 Å². The number of carbonyl (C=O) groups is 1. The van der Waals surface area contributed by atoms with Crippen LogP contribution >= 0.6 is 0 Å². The highest BCUT2D eigenvalue weighted by molar-refractivity contribution is 5.90. The van der Waals surface area contributed by atoms with E-state index in [1.807, 2.05) is 18.2 Å². The van der Waals surface area contributed by atoms with Gasteiger partial charge in [0.05, 0.1) is 5.69 Å². The van der Waals surface area contributed by atoms with E-state index < -0.39 is 0 Å². The first kappa shape index (κ1) is 13.5. The molecule has 21 heavy (non-hydrogen) atoms. The van der Waals surface area contributed by atoms with Crippen molar-refractivity contribution in [3.63, 3.8) is 0 Å². The van der Waals surface area contributed by atoms with E-state index in [-0.39, 0.29) is 17.7 Å². The molecule has 8 nitrogen and oxygen atoms in total. The summed E-state index contributed by atoms with van der Waals surface area (Å²) in [5.41, 5.74) is 6.46. The fourth-order valence-corrected chi connectivity index (χ4v) is 2.35. The van der Waals surface area contributed by atoms with Gasteiger partial charge in [-0.15, -0.1) is 5.10 Å². The number of hydrogen-bond donors (Lipinski definition) is 2. The number of aromatic nitrogens is 4. The fourth-order valence-electron chi connectivity index (χ4n) is 2.35. The Morgan fingerprint density at radius 3 is 2.71 bits per heavy atom. The van der Waals surface area contributed by atoms with Gasteiger partial charge in [0.2, 0.25) is 11.8 Å². The van der Waals surface area contributed by atoms with E-state index in [2.05, 4.69) is 25.1 Å². The molecule has 2 aromatic rings. The molecule has 0 spiro atoms. The Morgan fingerprint density at radius 1 is 1.29 bits per heavy atom. The van der Waals surface area contributed by atoms with Crippen LogP contribution < -0.4 is 5.73 Å². The number of nitrogen functional groups attached to an aromatic ring is 1. The highest BCUT2D eigenvalue weighted by atomic mass is 16.2. The first-order valence-corrected chi connectivity index (χ1v) is 6.82. The van der Waals surface area contributed by atoms with Crippen LogP contribution in [0.4, 0.5) is 5.95 Å². The summed E-state index contributed by atoms with van der Waals surface area (Å²) in [7, 11) is 0. The number of nitrogens with one attached hydrogen (secondary N) is 1. The number of nitrogens with two attached hydrogens (primary N) is 1. The molecule has 1 saturated heterocycles. The van der Waals surface area contributed by atoms with Gasteiger partial charge in [-0.25, -0.2) is 0 Å². The van der Waals surface area contributed by atoms with Gasteiger partial charge in [0.25, 0.3) is 5.91 Å². The zero-order valence-electron chi connectivity index (χ0n) is 11.6. The maximum atomic E-state index is 12.2. The molecule has 0 unspecified atom stereocenters. The van der Waals surface area contributed by atoms with Crippen LogP contribution in [0.1, 0.15) is 16.3 Å². The summed E-state index contributed by atoms with van der Waals surface area (Å²) in [6.45, 7) is 3.74. The molecular formula is C13H17N7O. The minimum absolute atomic E-state index is 0.0899. The Morgan fingerprint density at radius 2 is 2.10 bits per heavy atom. The molecule has 0 aromatic carbocycles. The maximum Gasteiger partial charge on any atom is 0.291 e. The largest absolute Gasteiger partial charge is 0.366 e. The summed E-state index contributed by atoms with van der Waals surface area (Å²) in [5.74, 6) is 0.134. The van der Waals surface area contributed by atoms with Crippen LogP contribution in [0, 0.1) is 0 Å². The van der Waals surface area contributed by atoms with Crippen molar-refractivity contribution >= 4 is 11.9 Å². The summed E-state index contributed by atoms with van der Waals surface area (Å²) in [4.78, 5) is 24.4. The number of amides is 1. The molecule has 1 amide bonds. The van der Waals surface area contributed by atoms with Crippen molar-refractivity contribution in [1.29, 1.82) is 0 Å². The first-order chi connectivity index (χ1) is 10.2. The Balaban J connectivity index is 1.54. The third kappa shape index (κ3) is 3.16. The fraction of sp³-hybridized carbons (Fsp3) is 0.385. The van der Waals surface area contributed by atoms with Gasteiger partial charge >= 0.3 is 0 Å². The molecule has 0 radical (unpaired) electrons. The molecule has 0 bridgehead atoms. The smallest absolute Gasteiger partial charge is 0.291 e. The second-order valence-electron chi connectivity index (χ2n) is 4.93. The Bertz CT molecular complexity index is 604. The maximum absolute atomic E-state index is 12.2. The molecule has 0 aliphatic carbocycles. The third-order valence-electron chi connectivity index (χ3n) is 3.48. The Kier molecular flexibility index (Phi) is 3.78. The van der Waals surface area contributed by atoms with Crippen LogP contribution in [0.3, 0.4) is 0 Å². The molecule has 1 aliphatic heterocycles. The average Bonchev–Trinajstić information content (AvgIpc) is 2.95. The lowest BCUT2D eigenvalue weighted by Gasteiger charge is -2.34. The van der Waals surface area contributed by atoms with Crippen LogP contribution in [0.5, 0.6) is 0 Å². The van der Waals surface area contributed by atoms with Gasteiger partial charge in [-0.3, -0.25) is 19.8 Å². The number of anilines is 1. The summed E-state index contributed by atoms with van der Waals surface area (Å²) in [5, 5.41) is 6.23. The van der Waals surface area contributed by atoms with E-state index in [0.717, 1.165) is 25.3 Å². The SMILES string of the molecule is Nc1n[nH]c(C(=O)N2CCN(Cc3ccccn3)CC2)n1. The number of hydrogen-bond acceptors (Lipinski definition) is 6. The van der Waals surface area contributed by atoms with Gasteiger partial charge in [0.15, 0.2) is 0 Å². The summed E-state index contributed by atoms with van der Waals surface area (Å²) < 4.78 is 0. The second kappa shape index (κ2) is 5.88. The Hall–Kier alpha value is -2.48. The van der Waals surface area contributed by atoms with Crippen molar-refractivity contribution in [2.75, 3.05) is 31.9 Å². The van der Waals surface area contributed by atoms with Crippen molar-refractivity contribution < 1.29 is 4.79 Å². The molecule has 0 atom stereocenters.